The van der Waals surface area contributed by atoms with E-state index in [-0.39, 0.29) is 30.5 Å². The van der Waals surface area contributed by atoms with Crippen molar-refractivity contribution in [2.24, 2.45) is 5.92 Å². The number of benzene rings is 2. The van der Waals surface area contributed by atoms with Gasteiger partial charge in [-0.15, -0.1) is 0 Å². The molecule has 0 fully saturated rings. The molecule has 2 aromatic carbocycles. The molecule has 0 unspecified atom stereocenters. The Hall–Kier alpha value is -2.26. The standard InChI is InChI=1S/C31H42N2O4S2/c1-31(2)27-6-3-4-7-28(27)33(16-5-21-37-30(36)25(14-22-38)15-23-39)29(31)13-10-24-8-11-26(12-9-24)32(17-19-34)18-20-35/h3-4,6-13,25,34-35H,5,14-23H2,1-2H3,(H-,38,39)/p+1. The molecule has 0 saturated carbocycles. The molecule has 0 bridgehead atoms. The lowest BCUT2D eigenvalue weighted by Gasteiger charge is -2.22. The smallest absolute Gasteiger partial charge is 0.308 e. The van der Waals surface area contributed by atoms with Gasteiger partial charge in [0.15, 0.2) is 12.3 Å². The number of rotatable bonds is 16. The van der Waals surface area contributed by atoms with E-state index in [9.17, 15) is 15.0 Å². The average Bonchev–Trinajstić information content (AvgIpc) is 3.15. The fourth-order valence-corrected chi connectivity index (χ4v) is 5.79. The Labute approximate surface area is 244 Å². The molecule has 0 atom stereocenters. The van der Waals surface area contributed by atoms with Gasteiger partial charge >= 0.3 is 5.97 Å². The lowest BCUT2D eigenvalue weighted by atomic mass is 9.81. The van der Waals surface area contributed by atoms with E-state index in [1.54, 1.807) is 0 Å². The van der Waals surface area contributed by atoms with Crippen molar-refractivity contribution in [1.29, 1.82) is 0 Å². The molecule has 0 aromatic heterocycles. The highest BCUT2D eigenvalue weighted by Gasteiger charge is 2.43. The summed E-state index contributed by atoms with van der Waals surface area (Å²) in [5.41, 5.74) is 5.54. The Morgan fingerprint density at radius 2 is 1.64 bits per heavy atom. The number of para-hydroxylation sites is 1. The molecule has 0 saturated heterocycles. The zero-order chi connectivity index (χ0) is 28.3. The summed E-state index contributed by atoms with van der Waals surface area (Å²) in [6.45, 7) is 6.65. The van der Waals surface area contributed by atoms with Crippen LogP contribution in [0.3, 0.4) is 0 Å². The first-order valence-corrected chi connectivity index (χ1v) is 15.0. The molecule has 0 aliphatic carbocycles. The van der Waals surface area contributed by atoms with Crippen LogP contribution in [0.1, 0.15) is 44.2 Å². The summed E-state index contributed by atoms with van der Waals surface area (Å²) in [6, 6.07) is 16.6. The van der Waals surface area contributed by atoms with E-state index in [0.717, 1.165) is 24.2 Å². The number of carbonyl (C=O) groups excluding carboxylic acids is 1. The normalized spacial score (nSPS) is 14.3. The Kier molecular flexibility index (Phi) is 12.4. The minimum Gasteiger partial charge on any atom is -0.465 e. The second-order valence-corrected chi connectivity index (χ2v) is 11.2. The highest BCUT2D eigenvalue weighted by atomic mass is 32.1. The minimum atomic E-state index is -0.174. The van der Waals surface area contributed by atoms with Gasteiger partial charge in [-0.3, -0.25) is 4.79 Å². The van der Waals surface area contributed by atoms with Crippen LogP contribution >= 0.6 is 25.3 Å². The molecular weight excluding hydrogens is 528 g/mol. The molecule has 1 heterocycles. The highest BCUT2D eigenvalue weighted by molar-refractivity contribution is 7.80. The highest BCUT2D eigenvalue weighted by Crippen LogP contribution is 2.40. The van der Waals surface area contributed by atoms with Gasteiger partial charge in [0.25, 0.3) is 0 Å². The van der Waals surface area contributed by atoms with E-state index in [0.29, 0.717) is 44.0 Å². The summed E-state index contributed by atoms with van der Waals surface area (Å²) in [5.74, 6) is 1.03. The van der Waals surface area contributed by atoms with Gasteiger partial charge in [0, 0.05) is 42.9 Å². The molecule has 0 radical (unpaired) electrons. The van der Waals surface area contributed by atoms with Crippen LogP contribution in [0.4, 0.5) is 11.4 Å². The maximum absolute atomic E-state index is 12.5. The van der Waals surface area contributed by atoms with Gasteiger partial charge in [-0.25, -0.2) is 0 Å². The molecule has 8 heteroatoms. The molecule has 2 N–H and O–H groups in total. The molecule has 212 valence electrons. The molecule has 3 rings (SSSR count). The first-order valence-electron chi connectivity index (χ1n) is 13.7. The lowest BCUT2D eigenvalue weighted by molar-refractivity contribution is -0.438. The Balaban J connectivity index is 1.77. The summed E-state index contributed by atoms with van der Waals surface area (Å²) in [6.07, 6.45) is 6.46. The van der Waals surface area contributed by atoms with Gasteiger partial charge < -0.3 is 19.8 Å². The number of aliphatic hydroxyl groups is 2. The molecule has 1 aliphatic rings. The maximum atomic E-state index is 12.5. The predicted octanol–water partition coefficient (Wildman–Crippen LogP) is 4.76. The lowest BCUT2D eigenvalue weighted by Crippen LogP contribution is -2.29. The van der Waals surface area contributed by atoms with Gasteiger partial charge in [-0.05, 0) is 62.0 Å². The van der Waals surface area contributed by atoms with Crippen LogP contribution in [0, 0.1) is 5.92 Å². The summed E-state index contributed by atoms with van der Waals surface area (Å²) in [5, 5.41) is 18.7. The largest absolute Gasteiger partial charge is 0.465 e. The van der Waals surface area contributed by atoms with E-state index in [2.05, 4.69) is 92.2 Å². The topological polar surface area (TPSA) is 73.0 Å². The number of hydrogen-bond donors (Lipinski definition) is 4. The van der Waals surface area contributed by atoms with E-state index in [4.69, 9.17) is 4.74 Å². The molecule has 1 aliphatic heterocycles. The number of esters is 1. The number of aliphatic hydroxyl groups excluding tert-OH is 2. The van der Waals surface area contributed by atoms with Crippen molar-refractivity contribution in [2.75, 3.05) is 55.9 Å². The van der Waals surface area contributed by atoms with Crippen molar-refractivity contribution >= 4 is 54.4 Å². The molecular formula is C31H43N2O4S2+. The number of hydrogen-bond acceptors (Lipinski definition) is 7. The fraction of sp³-hybridized carbons (Fsp3) is 0.484. The number of thiol groups is 2. The third-order valence-corrected chi connectivity index (χ3v) is 7.81. The molecule has 6 nitrogen and oxygen atoms in total. The number of anilines is 1. The van der Waals surface area contributed by atoms with E-state index < -0.39 is 0 Å². The van der Waals surface area contributed by atoms with Crippen LogP contribution in [0.15, 0.2) is 54.6 Å². The monoisotopic (exact) mass is 571 g/mol. The molecule has 39 heavy (non-hydrogen) atoms. The number of allylic oxidation sites excluding steroid dienone is 1. The van der Waals surface area contributed by atoms with Crippen LogP contribution in [0.25, 0.3) is 6.08 Å². The fourth-order valence-electron chi connectivity index (χ4n) is 5.17. The van der Waals surface area contributed by atoms with Crippen molar-refractivity contribution in [3.05, 3.63) is 65.7 Å². The van der Waals surface area contributed by atoms with Crippen molar-refractivity contribution in [2.45, 2.75) is 38.5 Å². The Morgan fingerprint density at radius 3 is 2.26 bits per heavy atom. The van der Waals surface area contributed by atoms with Gasteiger partial charge in [0.05, 0.1) is 31.2 Å². The van der Waals surface area contributed by atoms with E-state index in [1.807, 2.05) is 17.0 Å². The molecule has 0 amide bonds. The first kappa shape index (κ1) is 31.3. The van der Waals surface area contributed by atoms with Gasteiger partial charge in [0.2, 0.25) is 5.69 Å². The molecule has 2 aromatic rings. The van der Waals surface area contributed by atoms with Crippen LogP contribution in [0.2, 0.25) is 0 Å². The third-order valence-electron chi connectivity index (χ3n) is 7.29. The predicted molar refractivity (Wildman–Crippen MR) is 167 cm³/mol. The van der Waals surface area contributed by atoms with Crippen molar-refractivity contribution in [3.8, 4) is 0 Å². The van der Waals surface area contributed by atoms with E-state index >= 15 is 0 Å². The maximum Gasteiger partial charge on any atom is 0.308 e. The summed E-state index contributed by atoms with van der Waals surface area (Å²) in [7, 11) is 0. The second-order valence-electron chi connectivity index (χ2n) is 10.3. The zero-order valence-corrected chi connectivity index (χ0v) is 24.9. The second kappa shape index (κ2) is 15.5. The van der Waals surface area contributed by atoms with Crippen molar-refractivity contribution in [1.82, 2.24) is 0 Å². The van der Waals surface area contributed by atoms with Crippen molar-refractivity contribution < 1.29 is 24.3 Å². The van der Waals surface area contributed by atoms with Crippen LogP contribution in [-0.2, 0) is 14.9 Å². The number of nitrogens with zero attached hydrogens (tertiary/aromatic N) is 2. The number of fused-ring (bicyclic) bond motifs is 1. The van der Waals surface area contributed by atoms with Crippen LogP contribution in [-0.4, -0.2) is 77.4 Å². The van der Waals surface area contributed by atoms with Crippen LogP contribution < -0.4 is 4.90 Å². The van der Waals surface area contributed by atoms with E-state index in [1.165, 1.54) is 17.0 Å². The summed E-state index contributed by atoms with van der Waals surface area (Å²) >= 11 is 8.55. The zero-order valence-electron chi connectivity index (χ0n) is 23.1. The van der Waals surface area contributed by atoms with Gasteiger partial charge in [0.1, 0.15) is 0 Å². The third kappa shape index (κ3) is 8.13. The summed E-state index contributed by atoms with van der Waals surface area (Å²) < 4.78 is 7.99. The minimum absolute atomic E-state index is 0.0382. The Morgan fingerprint density at radius 1 is 1.00 bits per heavy atom. The number of ether oxygens (including phenoxy) is 1. The Bertz CT molecular complexity index is 1120. The van der Waals surface area contributed by atoms with Gasteiger partial charge in [-0.2, -0.15) is 29.8 Å². The average molecular weight is 572 g/mol. The van der Waals surface area contributed by atoms with Gasteiger partial charge in [-0.1, -0.05) is 30.3 Å². The molecule has 0 spiro atoms. The number of carbonyl (C=O) groups is 1. The quantitative estimate of drug-likeness (QED) is 0.101. The first-order chi connectivity index (χ1) is 18.9. The summed E-state index contributed by atoms with van der Waals surface area (Å²) in [4.78, 5) is 14.5. The SMILES string of the molecule is CC1(C)C(/C=C/c2ccc(N(CCO)CCO)cc2)=[N+](CCCOC(=O)C(CCS)CCS)c2ccccc21. The van der Waals surface area contributed by atoms with Crippen LogP contribution in [0.5, 0.6) is 0 Å². The van der Waals surface area contributed by atoms with Crippen molar-refractivity contribution in [3.63, 3.8) is 0 Å².